The summed E-state index contributed by atoms with van der Waals surface area (Å²) >= 11 is 0. The molecule has 10 aromatic rings. The second kappa shape index (κ2) is 27.3. The Bertz CT molecular complexity index is 5940. The highest BCUT2D eigenvalue weighted by Gasteiger charge is 2.40. The van der Waals surface area contributed by atoms with Crippen molar-refractivity contribution in [3.05, 3.63) is 317 Å². The number of benzene rings is 10. The van der Waals surface area contributed by atoms with E-state index in [0.29, 0.717) is 23.0 Å². The number of ketones is 1. The van der Waals surface area contributed by atoms with E-state index in [4.69, 9.17) is 9.47 Å². The summed E-state index contributed by atoms with van der Waals surface area (Å²) < 4.78 is 73.5. The Morgan fingerprint density at radius 2 is 0.434 bits per heavy atom. The van der Waals surface area contributed by atoms with E-state index in [0.717, 1.165) is 46.5 Å². The number of sulfone groups is 1. The first-order valence-corrected chi connectivity index (χ1v) is 34.8. The van der Waals surface area contributed by atoms with Gasteiger partial charge < -0.3 is 47.4 Å². The third kappa shape index (κ3) is 13.1. The number of hydrogen-bond acceptors (Lipinski definition) is 29. The minimum atomic E-state index is -4.10. The summed E-state index contributed by atoms with van der Waals surface area (Å²) in [5.74, 6) is -10.4. The van der Waals surface area contributed by atoms with E-state index in [2.05, 4.69) is 51.7 Å². The summed E-state index contributed by atoms with van der Waals surface area (Å²) in [5.41, 5.74) is 4.69. The van der Waals surface area contributed by atoms with E-state index in [-0.39, 0.29) is 115 Å². The Morgan fingerprint density at radius 3 is 0.726 bits per heavy atom. The third-order valence-corrected chi connectivity index (χ3v) is 21.0. The Kier molecular flexibility index (Phi) is 17.7. The highest BCUT2D eigenvalue weighted by molar-refractivity contribution is 7.91. The second-order valence-electron chi connectivity index (χ2n) is 26.6. The lowest BCUT2D eigenvalue weighted by molar-refractivity contribution is 0.0425. The Morgan fingerprint density at radius 1 is 0.230 bits per heavy atom. The van der Waals surface area contributed by atoms with Crippen LogP contribution in [0.25, 0.3) is 0 Å². The van der Waals surface area contributed by atoms with Crippen LogP contribution >= 0.6 is 0 Å². The molecule has 0 fully saturated rings. The fraction of sp³-hybridized carbons (Fsp3) is 0.0723. The van der Waals surface area contributed by atoms with Crippen molar-refractivity contribution in [1.29, 1.82) is 0 Å². The minimum Gasteiger partial charge on any atom is -0.457 e. The normalized spacial score (nSPS) is 15.0. The van der Waals surface area contributed by atoms with E-state index >= 15 is 0 Å². The van der Waals surface area contributed by atoms with Crippen LogP contribution in [0.5, 0.6) is 23.0 Å². The molecule has 0 atom stereocenters. The van der Waals surface area contributed by atoms with Gasteiger partial charge in [0.05, 0.1) is 98.8 Å². The molecule has 0 saturated carbocycles. The van der Waals surface area contributed by atoms with Gasteiger partial charge in [-0.15, -0.1) is 0 Å². The molecule has 29 nitrogen and oxygen atoms in total. The molecule has 8 aliphatic heterocycles. The molecule has 8 aliphatic rings. The standard InChI is InChI=1S/C31H20O8.C19H12O6.C17H6O7.C16H6O8S/c1-31(2,17-3-7-19(8-4-17)36-21-11-13-23-25(15-21)29(34)38-27(23)32)18-5-9-20(10-6-18)37-22-12-14-24-26(16-22)30(35)39-28(24)33;1-19(2,9-3-5-11-13(7-9)17(22)24-15(11)20)10-4-6-12-14(8-10)18(23)25-16(12)21;18-13(7-1-3-9-11(5-7)16(21)23-14(9)19)8-2-4-10-12(6-8)17(22)24-15(10)20;17-13-9-3-1-7(5-11(9)15(19)23-13)25(21,22)8-2-4-10-12(6-8)16(20)24-14(10)18/h3-16H,1-2H3;3-8H,1-2H3;1-6H;1-6H. The van der Waals surface area contributed by atoms with Crippen LogP contribution in [0.15, 0.2) is 204 Å². The van der Waals surface area contributed by atoms with Crippen molar-refractivity contribution >= 4 is 111 Å². The molecule has 0 N–H and O–H groups in total. The Balaban J connectivity index is 0.000000122. The SMILES string of the molecule is CC(C)(c1ccc(Oc2ccc3c(c2)C(=O)OC3=O)cc1)c1ccc(Oc2ccc3c(c2)C(=O)OC3=O)cc1.CC(C)(c1ccc2c(c1)C(=O)OC2=O)c1ccc2c(c1)C(=O)OC2=O.O=C(c1ccc2c(c1)C(=O)OC2=O)c1ccc2c(c1)C(=O)OC2=O.O=C1OC(=O)c2cc(S(=O)(=O)c3ccc4c(c3)C(=O)OC4=O)ccc21. The molecule has 8 heterocycles. The molecule has 0 amide bonds. The lowest BCUT2D eigenvalue weighted by Gasteiger charge is -2.26. The quantitative estimate of drug-likeness (QED) is 0.0474. The first-order valence-electron chi connectivity index (χ1n) is 33.3. The highest BCUT2D eigenvalue weighted by atomic mass is 32.2. The summed E-state index contributed by atoms with van der Waals surface area (Å²) in [6, 6.07) is 49.1. The predicted molar refractivity (Wildman–Crippen MR) is 376 cm³/mol. The van der Waals surface area contributed by atoms with Crippen molar-refractivity contribution in [1.82, 2.24) is 0 Å². The van der Waals surface area contributed by atoms with Crippen LogP contribution in [0.4, 0.5) is 0 Å². The van der Waals surface area contributed by atoms with Gasteiger partial charge in [0.15, 0.2) is 5.78 Å². The van der Waals surface area contributed by atoms with E-state index in [9.17, 15) is 89.9 Å². The van der Waals surface area contributed by atoms with Crippen LogP contribution < -0.4 is 9.47 Å². The fourth-order valence-corrected chi connectivity index (χ4v) is 14.2. The summed E-state index contributed by atoms with van der Waals surface area (Å²) in [7, 11) is -4.10. The maximum Gasteiger partial charge on any atom is 0.347 e. The molecule has 0 spiro atoms. The number of carbonyl (C=O) groups excluding carboxylic acids is 17. The van der Waals surface area contributed by atoms with Gasteiger partial charge >= 0.3 is 95.5 Å². The molecule has 0 radical (unpaired) electrons. The average Bonchev–Trinajstić information content (AvgIpc) is 1.70. The van der Waals surface area contributed by atoms with Gasteiger partial charge in [0, 0.05) is 22.0 Å². The van der Waals surface area contributed by atoms with Gasteiger partial charge in [-0.05, 0) is 168 Å². The van der Waals surface area contributed by atoms with E-state index in [1.807, 2.05) is 62.4 Å². The minimum absolute atomic E-state index is 0.0154. The molecule has 30 heteroatoms. The number of fused-ring (bicyclic) bond motifs is 8. The first-order chi connectivity index (χ1) is 53.7. The molecule has 556 valence electrons. The third-order valence-electron chi connectivity index (χ3n) is 19.3. The monoisotopic (exact) mass is 1540 g/mol. The molecule has 10 aromatic carbocycles. The number of carbonyl (C=O) groups is 17. The van der Waals surface area contributed by atoms with E-state index in [1.54, 1.807) is 48.5 Å². The van der Waals surface area contributed by atoms with Crippen molar-refractivity contribution in [2.24, 2.45) is 0 Å². The zero-order valence-corrected chi connectivity index (χ0v) is 59.0. The van der Waals surface area contributed by atoms with Crippen LogP contribution in [0.3, 0.4) is 0 Å². The van der Waals surface area contributed by atoms with Crippen LogP contribution in [0.1, 0.15) is 232 Å². The van der Waals surface area contributed by atoms with Crippen molar-refractivity contribution in [3.8, 4) is 23.0 Å². The lowest BCUT2D eigenvalue weighted by Crippen LogP contribution is -2.20. The van der Waals surface area contributed by atoms with Gasteiger partial charge in [-0.25, -0.2) is 85.1 Å². The summed E-state index contributed by atoms with van der Waals surface area (Å²) in [4.78, 5) is 198. The molecule has 113 heavy (non-hydrogen) atoms. The van der Waals surface area contributed by atoms with Crippen LogP contribution in [-0.4, -0.2) is 110 Å². The number of hydrogen-bond donors (Lipinski definition) is 0. The number of cyclic esters (lactones) is 16. The van der Waals surface area contributed by atoms with Gasteiger partial charge in [-0.1, -0.05) is 76.2 Å². The summed E-state index contributed by atoms with van der Waals surface area (Å²) in [5, 5.41) is 0. The van der Waals surface area contributed by atoms with Crippen molar-refractivity contribution in [2.75, 3.05) is 0 Å². The molecule has 0 aliphatic carbocycles. The fourth-order valence-electron chi connectivity index (χ4n) is 12.9. The van der Waals surface area contributed by atoms with Crippen LogP contribution in [0, 0.1) is 0 Å². The highest BCUT2D eigenvalue weighted by Crippen LogP contribution is 2.40. The van der Waals surface area contributed by atoms with Crippen molar-refractivity contribution < 1.29 is 137 Å². The topological polar surface area (TPSA) is 417 Å². The number of rotatable bonds is 12. The summed E-state index contributed by atoms with van der Waals surface area (Å²) in [6.07, 6.45) is 0. The number of ether oxygens (including phenoxy) is 10. The Labute approximate surface area is 633 Å². The zero-order chi connectivity index (χ0) is 80.2. The second-order valence-corrected chi connectivity index (χ2v) is 28.6. The smallest absolute Gasteiger partial charge is 0.347 e. The van der Waals surface area contributed by atoms with Gasteiger partial charge in [-0.2, -0.15) is 0 Å². The van der Waals surface area contributed by atoms with Gasteiger partial charge in [0.1, 0.15) is 23.0 Å². The molecule has 0 unspecified atom stereocenters. The molecule has 18 rings (SSSR count). The average molecular weight is 1540 g/mol. The maximum absolute atomic E-state index is 12.7. The molecular formula is C83H44O29S. The van der Waals surface area contributed by atoms with Crippen molar-refractivity contribution in [2.45, 2.75) is 48.3 Å². The largest absolute Gasteiger partial charge is 0.457 e. The first kappa shape index (κ1) is 73.1. The van der Waals surface area contributed by atoms with E-state index < -0.39 is 117 Å². The molecular weight excluding hydrogens is 1490 g/mol. The molecule has 0 bridgehead atoms. The lowest BCUT2D eigenvalue weighted by atomic mass is 9.76. The molecule has 0 saturated heterocycles. The van der Waals surface area contributed by atoms with Gasteiger partial charge in [0.2, 0.25) is 9.84 Å². The van der Waals surface area contributed by atoms with Gasteiger partial charge in [-0.3, -0.25) is 4.79 Å². The van der Waals surface area contributed by atoms with E-state index in [1.165, 1.54) is 72.8 Å². The van der Waals surface area contributed by atoms with Gasteiger partial charge in [0.25, 0.3) is 0 Å². The maximum atomic E-state index is 12.7. The Hall–Kier alpha value is -15.5. The summed E-state index contributed by atoms with van der Waals surface area (Å²) in [6.45, 7) is 8.04. The zero-order valence-electron chi connectivity index (χ0n) is 58.2. The van der Waals surface area contributed by atoms with Crippen molar-refractivity contribution in [3.63, 3.8) is 0 Å². The predicted octanol–water partition coefficient (Wildman–Crippen LogP) is 11.5. The number of esters is 16. The van der Waals surface area contributed by atoms with Crippen LogP contribution in [0.2, 0.25) is 0 Å². The van der Waals surface area contributed by atoms with Crippen LogP contribution in [-0.2, 0) is 58.6 Å². The molecule has 0 aromatic heterocycles.